The second-order valence-corrected chi connectivity index (χ2v) is 8.10. The molecule has 0 amide bonds. The summed E-state index contributed by atoms with van der Waals surface area (Å²) >= 11 is 0. The fourth-order valence-corrected chi connectivity index (χ4v) is 3.70. The van der Waals surface area contributed by atoms with Crippen LogP contribution in [0.25, 0.3) is 0 Å². The minimum absolute atomic E-state index is 0.154. The van der Waals surface area contributed by atoms with Gasteiger partial charge in [0.1, 0.15) is 18.0 Å². The van der Waals surface area contributed by atoms with E-state index in [0.29, 0.717) is 11.8 Å². The highest BCUT2D eigenvalue weighted by Gasteiger charge is 2.59. The van der Waals surface area contributed by atoms with Crippen LogP contribution in [0.1, 0.15) is 38.9 Å². The molecule has 160 valence electrons. The first-order chi connectivity index (χ1) is 14.5. The molecule has 1 saturated carbocycles. The third kappa shape index (κ3) is 4.46. The number of aliphatic hydroxyl groups is 1. The highest BCUT2D eigenvalue weighted by molar-refractivity contribution is 5.75. The minimum Gasteiger partial charge on any atom is -0.508 e. The quantitative estimate of drug-likeness (QED) is 0.361. The molecule has 2 aliphatic rings. The summed E-state index contributed by atoms with van der Waals surface area (Å²) in [6.07, 6.45) is 4.91. The molecule has 1 aliphatic carbocycles. The summed E-state index contributed by atoms with van der Waals surface area (Å²) in [5, 5.41) is 24.1. The third-order valence-electron chi connectivity index (χ3n) is 6.15. The predicted molar refractivity (Wildman–Crippen MR) is 114 cm³/mol. The topological polar surface area (TPSA) is 116 Å². The van der Waals surface area contributed by atoms with Gasteiger partial charge in [0.25, 0.3) is 0 Å². The summed E-state index contributed by atoms with van der Waals surface area (Å²) in [5.74, 6) is 1.51. The number of aromatic hydroxyl groups is 1. The van der Waals surface area contributed by atoms with Gasteiger partial charge in [0, 0.05) is 13.1 Å². The van der Waals surface area contributed by atoms with Crippen molar-refractivity contribution in [2.75, 3.05) is 30.0 Å². The van der Waals surface area contributed by atoms with Gasteiger partial charge in [-0.25, -0.2) is 0 Å². The van der Waals surface area contributed by atoms with E-state index in [9.17, 15) is 10.2 Å². The molecule has 30 heavy (non-hydrogen) atoms. The Bertz CT molecular complexity index is 890. The van der Waals surface area contributed by atoms with E-state index < -0.39 is 5.60 Å². The number of anilines is 2. The summed E-state index contributed by atoms with van der Waals surface area (Å²) in [7, 11) is 0. The molecular formula is C21H28N6O3. The van der Waals surface area contributed by atoms with Gasteiger partial charge >= 0.3 is 6.01 Å². The zero-order chi connectivity index (χ0) is 21.1. The molecule has 0 bridgehead atoms. The molecule has 2 aromatic rings. The summed E-state index contributed by atoms with van der Waals surface area (Å²) in [6.45, 7) is 5.95. The molecule has 3 atom stereocenters. The Kier molecular flexibility index (Phi) is 5.72. The Morgan fingerprint density at radius 1 is 1.13 bits per heavy atom. The lowest BCUT2D eigenvalue weighted by Gasteiger charge is -2.26. The van der Waals surface area contributed by atoms with E-state index in [0.717, 1.165) is 31.6 Å². The molecule has 1 aromatic heterocycles. The van der Waals surface area contributed by atoms with Crippen LogP contribution < -0.4 is 15.1 Å². The van der Waals surface area contributed by atoms with Crippen LogP contribution in [0.3, 0.4) is 0 Å². The number of hydrogen-bond donors (Lipinski definition) is 3. The van der Waals surface area contributed by atoms with E-state index in [4.69, 9.17) is 4.74 Å². The van der Waals surface area contributed by atoms with Gasteiger partial charge in [-0.15, -0.1) is 0 Å². The zero-order valence-corrected chi connectivity index (χ0v) is 17.3. The highest BCUT2D eigenvalue weighted by Crippen LogP contribution is 2.49. The lowest BCUT2D eigenvalue weighted by atomic mass is 10.1. The molecule has 1 aromatic carbocycles. The van der Waals surface area contributed by atoms with Crippen molar-refractivity contribution in [1.82, 2.24) is 15.0 Å². The van der Waals surface area contributed by atoms with Crippen molar-refractivity contribution in [3.63, 3.8) is 0 Å². The van der Waals surface area contributed by atoms with Crippen molar-refractivity contribution in [3.05, 3.63) is 30.1 Å². The SMILES string of the molecule is CC1[C@H](C)C1(O)COc1nc(/C=N/Nc2ccc(O)cc2)nc(N2CCCCC2)n1. The normalized spacial score (nSPS) is 26.0. The van der Waals surface area contributed by atoms with E-state index in [1.54, 1.807) is 24.3 Å². The zero-order valence-electron chi connectivity index (χ0n) is 17.3. The van der Waals surface area contributed by atoms with E-state index in [-0.39, 0.29) is 30.2 Å². The van der Waals surface area contributed by atoms with Crippen molar-refractivity contribution < 1.29 is 14.9 Å². The summed E-state index contributed by atoms with van der Waals surface area (Å²) in [4.78, 5) is 15.5. The molecule has 9 nitrogen and oxygen atoms in total. The molecule has 4 rings (SSSR count). The number of rotatable bonds is 7. The number of ether oxygens (including phenoxy) is 1. The monoisotopic (exact) mass is 412 g/mol. The molecular weight excluding hydrogens is 384 g/mol. The first-order valence-electron chi connectivity index (χ1n) is 10.4. The fraction of sp³-hybridized carbons (Fsp3) is 0.524. The Balaban J connectivity index is 1.50. The number of phenols is 1. The molecule has 2 unspecified atom stereocenters. The standard InChI is InChI=1S/C21H28N6O3/c1-14-15(2)21(14,29)13-30-20-24-18(12-22-26-16-6-8-17(28)9-7-16)23-19(25-20)27-10-4-3-5-11-27/h6-9,12,14-15,26,28-29H,3-5,10-11,13H2,1-2H3/b22-12+/t14-,15?,21?/m0/s1. The van der Waals surface area contributed by atoms with E-state index in [1.807, 2.05) is 13.8 Å². The lowest BCUT2D eigenvalue weighted by Crippen LogP contribution is -2.32. The van der Waals surface area contributed by atoms with Crippen molar-refractivity contribution in [2.45, 2.75) is 38.7 Å². The number of hydrazone groups is 1. The second-order valence-electron chi connectivity index (χ2n) is 8.10. The van der Waals surface area contributed by atoms with Crippen LogP contribution in [0, 0.1) is 11.8 Å². The third-order valence-corrected chi connectivity index (χ3v) is 6.15. The van der Waals surface area contributed by atoms with Gasteiger partial charge in [-0.2, -0.15) is 20.1 Å². The largest absolute Gasteiger partial charge is 0.508 e. The molecule has 0 spiro atoms. The first kappa shape index (κ1) is 20.3. The van der Waals surface area contributed by atoms with Crippen LogP contribution in [0.4, 0.5) is 11.6 Å². The van der Waals surface area contributed by atoms with Gasteiger partial charge < -0.3 is 19.8 Å². The maximum absolute atomic E-state index is 10.5. The Morgan fingerprint density at radius 3 is 2.50 bits per heavy atom. The molecule has 1 saturated heterocycles. The molecule has 0 radical (unpaired) electrons. The van der Waals surface area contributed by atoms with E-state index in [2.05, 4.69) is 30.4 Å². The second kappa shape index (κ2) is 8.43. The Labute approximate surface area is 175 Å². The maximum atomic E-state index is 10.5. The van der Waals surface area contributed by atoms with Gasteiger partial charge in [-0.05, 0) is 55.4 Å². The number of piperidine rings is 1. The first-order valence-corrected chi connectivity index (χ1v) is 10.4. The average Bonchev–Trinajstić information content (AvgIpc) is 3.25. The fourth-order valence-electron chi connectivity index (χ4n) is 3.70. The Hall–Kier alpha value is -2.94. The van der Waals surface area contributed by atoms with Gasteiger partial charge in [0.05, 0.1) is 11.9 Å². The molecule has 9 heteroatoms. The highest BCUT2D eigenvalue weighted by atomic mass is 16.5. The summed E-state index contributed by atoms with van der Waals surface area (Å²) in [5.41, 5.74) is 2.78. The number of aromatic nitrogens is 3. The molecule has 2 heterocycles. The molecule has 3 N–H and O–H groups in total. The molecule has 2 fully saturated rings. The number of nitrogens with one attached hydrogen (secondary N) is 1. The maximum Gasteiger partial charge on any atom is 0.321 e. The van der Waals surface area contributed by atoms with Crippen molar-refractivity contribution in [2.24, 2.45) is 16.9 Å². The number of nitrogens with zero attached hydrogens (tertiary/aromatic N) is 5. The number of hydrogen-bond acceptors (Lipinski definition) is 9. The van der Waals surface area contributed by atoms with Crippen molar-refractivity contribution in [3.8, 4) is 11.8 Å². The van der Waals surface area contributed by atoms with Crippen LogP contribution in [-0.4, -0.2) is 56.7 Å². The number of phenolic OH excluding ortho intramolecular Hbond substituents is 1. The lowest BCUT2D eigenvalue weighted by molar-refractivity contribution is 0.0590. The van der Waals surface area contributed by atoms with Gasteiger partial charge in [-0.3, -0.25) is 5.43 Å². The van der Waals surface area contributed by atoms with Crippen LogP contribution in [-0.2, 0) is 0 Å². The van der Waals surface area contributed by atoms with Gasteiger partial charge in [-0.1, -0.05) is 13.8 Å². The van der Waals surface area contributed by atoms with Crippen LogP contribution in [0.15, 0.2) is 29.4 Å². The van der Waals surface area contributed by atoms with E-state index in [1.165, 1.54) is 12.6 Å². The molecule has 1 aliphatic heterocycles. The van der Waals surface area contributed by atoms with Gasteiger partial charge in [0.2, 0.25) is 5.95 Å². The van der Waals surface area contributed by atoms with Gasteiger partial charge in [0.15, 0.2) is 5.82 Å². The number of benzene rings is 1. The van der Waals surface area contributed by atoms with Crippen LogP contribution in [0.5, 0.6) is 11.8 Å². The van der Waals surface area contributed by atoms with E-state index >= 15 is 0 Å². The summed E-state index contributed by atoms with van der Waals surface area (Å²) in [6, 6.07) is 6.77. The minimum atomic E-state index is -0.827. The smallest absolute Gasteiger partial charge is 0.321 e. The van der Waals surface area contributed by atoms with Crippen LogP contribution in [0.2, 0.25) is 0 Å². The Morgan fingerprint density at radius 2 is 1.83 bits per heavy atom. The van der Waals surface area contributed by atoms with Crippen molar-refractivity contribution >= 4 is 17.9 Å². The average molecular weight is 412 g/mol. The predicted octanol–water partition coefficient (Wildman–Crippen LogP) is 2.41. The van der Waals surface area contributed by atoms with Crippen molar-refractivity contribution in [1.29, 1.82) is 0 Å². The summed E-state index contributed by atoms with van der Waals surface area (Å²) < 4.78 is 5.77. The van der Waals surface area contributed by atoms with Crippen LogP contribution >= 0.6 is 0 Å².